The maximum atomic E-state index is 12.8. The van der Waals surface area contributed by atoms with Gasteiger partial charge in [-0.15, -0.1) is 0 Å². The highest BCUT2D eigenvalue weighted by molar-refractivity contribution is 6.10. The van der Waals surface area contributed by atoms with E-state index in [1.54, 1.807) is 42.9 Å². The number of nitriles is 1. The van der Waals surface area contributed by atoms with Crippen molar-refractivity contribution in [2.75, 3.05) is 11.9 Å². The third-order valence-corrected chi connectivity index (χ3v) is 7.69. The number of aromatic nitrogens is 3. The van der Waals surface area contributed by atoms with E-state index in [9.17, 15) is 14.9 Å². The van der Waals surface area contributed by atoms with Crippen molar-refractivity contribution in [3.05, 3.63) is 68.6 Å². The number of benzene rings is 1. The van der Waals surface area contributed by atoms with Crippen molar-refractivity contribution < 1.29 is 9.25 Å². The van der Waals surface area contributed by atoms with Crippen molar-refractivity contribution in [2.24, 2.45) is 25.2 Å². The molecule has 10 heteroatoms. The summed E-state index contributed by atoms with van der Waals surface area (Å²) in [6.45, 7) is 5.86. The molecule has 1 aliphatic rings. The van der Waals surface area contributed by atoms with E-state index in [-0.39, 0.29) is 17.5 Å². The zero-order chi connectivity index (χ0) is 28.8. The molecule has 1 fully saturated rings. The van der Waals surface area contributed by atoms with Crippen LogP contribution < -0.4 is 16.2 Å². The minimum Gasteiger partial charge on any atom is -0.408 e. The molecule has 3 aromatic heterocycles. The van der Waals surface area contributed by atoms with Crippen LogP contribution >= 0.6 is 0 Å². The summed E-state index contributed by atoms with van der Waals surface area (Å²) in [4.78, 5) is 37.7. The van der Waals surface area contributed by atoms with Crippen LogP contribution in [0.3, 0.4) is 0 Å². The van der Waals surface area contributed by atoms with E-state index in [4.69, 9.17) is 9.25 Å². The molecule has 1 saturated carbocycles. The van der Waals surface area contributed by atoms with Gasteiger partial charge in [-0.3, -0.25) is 9.36 Å². The smallest absolute Gasteiger partial charge is 0.408 e. The molecule has 0 bridgehead atoms. The van der Waals surface area contributed by atoms with Crippen LogP contribution in [0.4, 0.5) is 5.69 Å². The predicted molar refractivity (Wildman–Crippen MR) is 155 cm³/mol. The van der Waals surface area contributed by atoms with E-state index in [1.807, 2.05) is 40.0 Å². The minimum atomic E-state index is -0.478. The van der Waals surface area contributed by atoms with Crippen molar-refractivity contribution in [1.82, 2.24) is 14.1 Å². The van der Waals surface area contributed by atoms with E-state index in [1.165, 1.54) is 4.57 Å². The number of rotatable bonds is 5. The normalized spacial score (nSPS) is 18.2. The van der Waals surface area contributed by atoms with Gasteiger partial charge >= 0.3 is 5.76 Å². The molecule has 40 heavy (non-hydrogen) atoms. The second-order valence-corrected chi connectivity index (χ2v) is 11.5. The van der Waals surface area contributed by atoms with E-state index in [0.29, 0.717) is 27.8 Å². The molecule has 10 nitrogen and oxygen atoms in total. The van der Waals surface area contributed by atoms with Gasteiger partial charge in [-0.1, -0.05) is 17.3 Å². The van der Waals surface area contributed by atoms with Gasteiger partial charge in [-0.2, -0.15) is 5.26 Å². The van der Waals surface area contributed by atoms with Gasteiger partial charge in [0.1, 0.15) is 22.9 Å². The van der Waals surface area contributed by atoms with Gasteiger partial charge in [0.25, 0.3) is 5.56 Å². The van der Waals surface area contributed by atoms with E-state index >= 15 is 0 Å². The zero-order valence-corrected chi connectivity index (χ0v) is 23.8. The van der Waals surface area contributed by atoms with Gasteiger partial charge in [0.15, 0.2) is 5.58 Å². The highest BCUT2D eigenvalue weighted by atomic mass is 16.6. The molecule has 1 aromatic carbocycles. The fraction of sp³-hybridized carbons (Fsp3) is 0.433. The number of hydrogen-bond donors (Lipinski definition) is 0. The fourth-order valence-corrected chi connectivity index (χ4v) is 5.52. The maximum Gasteiger partial charge on any atom is 0.419 e. The lowest BCUT2D eigenvalue weighted by Gasteiger charge is -2.36. The molecule has 208 valence electrons. The van der Waals surface area contributed by atoms with Crippen LogP contribution in [0.15, 0.2) is 55.6 Å². The van der Waals surface area contributed by atoms with Crippen LogP contribution in [-0.2, 0) is 18.9 Å². The number of aryl methyl sites for hydroxylation is 2. The van der Waals surface area contributed by atoms with Crippen molar-refractivity contribution in [2.45, 2.75) is 58.1 Å². The highest BCUT2D eigenvalue weighted by Gasteiger charge is 2.31. The summed E-state index contributed by atoms with van der Waals surface area (Å²) in [6.07, 6.45) is 3.38. The summed E-state index contributed by atoms with van der Waals surface area (Å²) in [5, 5.41) is 14.1. The van der Waals surface area contributed by atoms with Gasteiger partial charge in [0.05, 0.1) is 22.4 Å². The molecule has 0 N–H and O–H groups in total. The van der Waals surface area contributed by atoms with Crippen molar-refractivity contribution in [1.29, 1.82) is 5.26 Å². The van der Waals surface area contributed by atoms with Crippen LogP contribution in [0.25, 0.3) is 22.1 Å². The number of anilines is 1. The molecule has 0 aliphatic heterocycles. The molecule has 0 spiro atoms. The Bertz CT molecular complexity index is 1770. The minimum absolute atomic E-state index is 0.103. The van der Waals surface area contributed by atoms with E-state index in [0.717, 1.165) is 42.6 Å². The number of para-hydroxylation sites is 1. The Labute approximate surface area is 232 Å². The third kappa shape index (κ3) is 4.99. The molecule has 0 unspecified atom stereocenters. The summed E-state index contributed by atoms with van der Waals surface area (Å²) in [5.74, 6) is -0.315. The number of nitrogens with zero attached hydrogens (tertiary/aromatic N) is 6. The molecule has 4 aromatic rings. The number of pyridine rings is 2. The second-order valence-electron chi connectivity index (χ2n) is 11.5. The Morgan fingerprint density at radius 3 is 2.52 bits per heavy atom. The maximum absolute atomic E-state index is 12.8. The first-order chi connectivity index (χ1) is 19.0. The van der Waals surface area contributed by atoms with Crippen molar-refractivity contribution >= 4 is 33.5 Å². The first-order valence-electron chi connectivity index (χ1n) is 13.5. The average molecular weight is 543 g/mol. The van der Waals surface area contributed by atoms with Crippen LogP contribution in [0, 0.1) is 17.2 Å². The van der Waals surface area contributed by atoms with Crippen LogP contribution in [0.1, 0.15) is 57.7 Å². The monoisotopic (exact) mass is 542 g/mol. The Morgan fingerprint density at radius 2 is 1.85 bits per heavy atom. The number of hydrogen-bond acceptors (Lipinski definition) is 8. The van der Waals surface area contributed by atoms with Gasteiger partial charge in [0.2, 0.25) is 0 Å². The molecular weight excluding hydrogens is 508 g/mol. The molecule has 5 rings (SSSR count). The van der Waals surface area contributed by atoms with E-state index in [2.05, 4.69) is 21.1 Å². The summed E-state index contributed by atoms with van der Waals surface area (Å²) in [5.41, 5.74) is 4.62. The van der Waals surface area contributed by atoms with Gasteiger partial charge in [-0.25, -0.2) is 9.78 Å². The summed E-state index contributed by atoms with van der Waals surface area (Å²) in [6, 6.07) is 12.9. The molecule has 0 saturated heterocycles. The Hall–Kier alpha value is -4.39. The van der Waals surface area contributed by atoms with Crippen molar-refractivity contribution in [3.63, 3.8) is 0 Å². The largest absolute Gasteiger partial charge is 0.419 e. The lowest BCUT2D eigenvalue weighted by Crippen LogP contribution is -2.38. The SMILES string of the molecule is CN(c1cc(=O)n(C)c2ccc(C#N)nc12)C1CCC(/C(=N/OC(C)(C)C)c2cccc3oc(=O)n(C)c23)CC1. The number of fused-ring (bicyclic) bond motifs is 2. The molecule has 0 amide bonds. The van der Waals surface area contributed by atoms with Gasteiger partial charge in [-0.05, 0) is 64.7 Å². The Balaban J connectivity index is 1.46. The standard InChI is InChI=1S/C30H34N6O4/c1-30(2,3)40-33-26(21-8-7-9-24-28(21)36(6)29(38)39-24)18-10-13-20(14-11-18)34(4)23-16-25(37)35(5)22-15-12-19(17-31)32-27(22)23/h7-9,12,15-16,18,20H,10-11,13-14H2,1-6H3/b33-26-. The molecule has 0 atom stereocenters. The highest BCUT2D eigenvalue weighted by Crippen LogP contribution is 2.35. The van der Waals surface area contributed by atoms with E-state index < -0.39 is 11.4 Å². The van der Waals surface area contributed by atoms with Gasteiger partial charge < -0.3 is 18.7 Å². The Kier molecular flexibility index (Phi) is 7.00. The van der Waals surface area contributed by atoms with Crippen LogP contribution in [0.2, 0.25) is 0 Å². The predicted octanol–water partition coefficient (Wildman–Crippen LogP) is 4.46. The van der Waals surface area contributed by atoms with Gasteiger partial charge in [0, 0.05) is 44.7 Å². The average Bonchev–Trinajstić information content (AvgIpc) is 3.23. The molecule has 0 radical (unpaired) electrons. The molecule has 1 aliphatic carbocycles. The fourth-order valence-electron chi connectivity index (χ4n) is 5.52. The summed E-state index contributed by atoms with van der Waals surface area (Å²) < 4.78 is 8.51. The topological polar surface area (TPSA) is 119 Å². The number of oxazole rings is 1. The molecule has 3 heterocycles. The van der Waals surface area contributed by atoms with Crippen LogP contribution in [0.5, 0.6) is 0 Å². The van der Waals surface area contributed by atoms with Crippen LogP contribution in [-0.4, -0.2) is 38.5 Å². The first kappa shape index (κ1) is 27.2. The molecular formula is C30H34N6O4. The zero-order valence-electron chi connectivity index (χ0n) is 23.8. The lowest BCUT2D eigenvalue weighted by atomic mass is 9.80. The van der Waals surface area contributed by atoms with Crippen molar-refractivity contribution in [3.8, 4) is 6.07 Å². The second kappa shape index (κ2) is 10.3. The number of oxime groups is 1. The third-order valence-electron chi connectivity index (χ3n) is 7.69. The quantitative estimate of drug-likeness (QED) is 0.270. The lowest BCUT2D eigenvalue weighted by molar-refractivity contribution is -0.0000179. The summed E-state index contributed by atoms with van der Waals surface area (Å²) in [7, 11) is 5.40. The summed E-state index contributed by atoms with van der Waals surface area (Å²) >= 11 is 0. The first-order valence-corrected chi connectivity index (χ1v) is 13.5. The Morgan fingerprint density at radius 1 is 1.12 bits per heavy atom.